The summed E-state index contributed by atoms with van der Waals surface area (Å²) >= 11 is 0. The molecular formula is C15H21F2N3O3S. The lowest BCUT2D eigenvalue weighted by molar-refractivity contribution is -0.122. The quantitative estimate of drug-likeness (QED) is 0.817. The molecule has 0 radical (unpaired) electrons. The van der Waals surface area contributed by atoms with E-state index >= 15 is 0 Å². The minimum Gasteiger partial charge on any atom is -0.368 e. The van der Waals surface area contributed by atoms with Crippen LogP contribution >= 0.6 is 0 Å². The number of alkyl halides is 2. The van der Waals surface area contributed by atoms with Crippen LogP contribution in [0.2, 0.25) is 0 Å². The molecule has 6 nitrogen and oxygen atoms in total. The number of nitrogens with one attached hydrogen (secondary N) is 1. The van der Waals surface area contributed by atoms with Gasteiger partial charge in [-0.05, 0) is 19.1 Å². The Kier molecular flexibility index (Phi) is 6.11. The summed E-state index contributed by atoms with van der Waals surface area (Å²) < 4.78 is 49.4. The molecule has 1 N–H and O–H groups in total. The van der Waals surface area contributed by atoms with E-state index in [1.807, 2.05) is 11.8 Å². The second-order valence-electron chi connectivity index (χ2n) is 5.49. The van der Waals surface area contributed by atoms with Gasteiger partial charge in [-0.3, -0.25) is 9.69 Å². The van der Waals surface area contributed by atoms with Gasteiger partial charge in [-0.15, -0.1) is 0 Å². The van der Waals surface area contributed by atoms with Crippen LogP contribution in [0.3, 0.4) is 0 Å². The zero-order chi connectivity index (χ0) is 17.7. The van der Waals surface area contributed by atoms with Crippen molar-refractivity contribution in [1.82, 2.24) is 10.2 Å². The lowest BCUT2D eigenvalue weighted by atomic mass is 10.2. The number of carbonyl (C=O) groups is 1. The van der Waals surface area contributed by atoms with Crippen LogP contribution in [-0.2, 0) is 14.6 Å². The molecule has 2 rings (SSSR count). The molecule has 9 heteroatoms. The van der Waals surface area contributed by atoms with Gasteiger partial charge >= 0.3 is 5.76 Å². The van der Waals surface area contributed by atoms with Crippen molar-refractivity contribution in [3.63, 3.8) is 0 Å². The number of hydrogen-bond donors (Lipinski definition) is 1. The van der Waals surface area contributed by atoms with E-state index in [0.29, 0.717) is 32.7 Å². The number of rotatable bonds is 6. The Bertz CT molecular complexity index is 674. The molecule has 1 aliphatic heterocycles. The normalized spacial score (nSPS) is 16.4. The predicted octanol–water partition coefficient (Wildman–Crippen LogP) is 0.941. The van der Waals surface area contributed by atoms with Gasteiger partial charge in [0.2, 0.25) is 15.7 Å². The van der Waals surface area contributed by atoms with Crippen molar-refractivity contribution in [1.29, 1.82) is 0 Å². The zero-order valence-electron chi connectivity index (χ0n) is 13.4. The van der Waals surface area contributed by atoms with Crippen LogP contribution in [0.5, 0.6) is 0 Å². The maximum absolute atomic E-state index is 12.9. The number of hydrogen-bond acceptors (Lipinski definition) is 5. The summed E-state index contributed by atoms with van der Waals surface area (Å²) in [5.41, 5.74) is 0.287. The van der Waals surface area contributed by atoms with E-state index < -0.39 is 15.6 Å². The van der Waals surface area contributed by atoms with Gasteiger partial charge in [0.1, 0.15) is 0 Å². The van der Waals surface area contributed by atoms with Gasteiger partial charge in [-0.1, -0.05) is 12.1 Å². The van der Waals surface area contributed by atoms with E-state index in [-0.39, 0.29) is 23.0 Å². The van der Waals surface area contributed by atoms with Crippen molar-refractivity contribution in [2.24, 2.45) is 0 Å². The first-order valence-corrected chi connectivity index (χ1v) is 9.26. The summed E-state index contributed by atoms with van der Waals surface area (Å²) in [6.07, 6.45) is 0. The molecule has 134 valence electrons. The number of amides is 1. The fraction of sp³-hybridized carbons (Fsp3) is 0.533. The largest absolute Gasteiger partial charge is 0.368 e. The molecule has 1 aromatic rings. The summed E-state index contributed by atoms with van der Waals surface area (Å²) in [5, 5.41) is 2.72. The molecule has 1 aliphatic rings. The Morgan fingerprint density at radius 3 is 2.42 bits per heavy atom. The van der Waals surface area contributed by atoms with Crippen LogP contribution in [0.15, 0.2) is 29.2 Å². The van der Waals surface area contributed by atoms with Crippen LogP contribution in [-0.4, -0.2) is 64.3 Å². The van der Waals surface area contributed by atoms with Gasteiger partial charge < -0.3 is 10.2 Å². The molecule has 0 unspecified atom stereocenters. The average molecular weight is 361 g/mol. The lowest BCUT2D eigenvalue weighted by Crippen LogP contribution is -2.49. The van der Waals surface area contributed by atoms with Crippen molar-refractivity contribution in [2.45, 2.75) is 17.6 Å². The molecule has 0 spiro atoms. The molecule has 1 amide bonds. The predicted molar refractivity (Wildman–Crippen MR) is 87.0 cm³/mol. The molecular weight excluding hydrogens is 340 g/mol. The molecule has 0 aliphatic carbocycles. The number of para-hydroxylation sites is 1. The highest BCUT2D eigenvalue weighted by atomic mass is 32.2. The van der Waals surface area contributed by atoms with Crippen molar-refractivity contribution < 1.29 is 22.0 Å². The number of sulfone groups is 1. The van der Waals surface area contributed by atoms with Crippen LogP contribution in [0.25, 0.3) is 0 Å². The number of piperazine rings is 1. The standard InChI is InChI=1S/C15H21F2N3O3S/c1-2-18-14(21)11-19-7-9-20(10-8-19)12-5-3-4-6-13(12)24(22,23)15(16)17/h3-6,15H,2,7-11H2,1H3,(H,18,21). The van der Waals surface area contributed by atoms with Crippen LogP contribution < -0.4 is 10.2 Å². The first kappa shape index (κ1) is 18.6. The van der Waals surface area contributed by atoms with Gasteiger partial charge in [-0.2, -0.15) is 8.78 Å². The van der Waals surface area contributed by atoms with E-state index in [9.17, 15) is 22.0 Å². The molecule has 1 saturated heterocycles. The summed E-state index contributed by atoms with van der Waals surface area (Å²) in [7, 11) is -4.65. The zero-order valence-corrected chi connectivity index (χ0v) is 14.2. The molecule has 0 aromatic heterocycles. The molecule has 1 heterocycles. The second kappa shape index (κ2) is 7.89. The minimum absolute atomic E-state index is 0.0633. The number of likely N-dealkylation sites (N-methyl/N-ethyl adjacent to an activating group) is 1. The van der Waals surface area contributed by atoms with Crippen molar-refractivity contribution >= 4 is 21.4 Å². The SMILES string of the molecule is CCNC(=O)CN1CCN(c2ccccc2S(=O)(=O)C(F)F)CC1. The van der Waals surface area contributed by atoms with Crippen molar-refractivity contribution in [3.05, 3.63) is 24.3 Å². The Balaban J connectivity index is 2.09. The van der Waals surface area contributed by atoms with Crippen molar-refractivity contribution in [2.75, 3.05) is 44.2 Å². The lowest BCUT2D eigenvalue weighted by Gasteiger charge is -2.36. The summed E-state index contributed by atoms with van der Waals surface area (Å²) in [6.45, 7) is 4.73. The molecule has 1 aromatic carbocycles. The summed E-state index contributed by atoms with van der Waals surface area (Å²) in [6, 6.07) is 5.80. The van der Waals surface area contributed by atoms with Crippen LogP contribution in [0.1, 0.15) is 6.92 Å². The Morgan fingerprint density at radius 1 is 1.21 bits per heavy atom. The van der Waals surface area contributed by atoms with E-state index in [2.05, 4.69) is 5.32 Å². The third-order valence-electron chi connectivity index (χ3n) is 3.86. The second-order valence-corrected chi connectivity index (χ2v) is 7.38. The van der Waals surface area contributed by atoms with Gasteiger partial charge in [0.05, 0.1) is 17.1 Å². The highest BCUT2D eigenvalue weighted by Gasteiger charge is 2.31. The fourth-order valence-corrected chi connectivity index (χ4v) is 3.61. The van der Waals surface area contributed by atoms with E-state index in [0.717, 1.165) is 0 Å². The monoisotopic (exact) mass is 361 g/mol. The Morgan fingerprint density at radius 2 is 1.83 bits per heavy atom. The molecule has 1 fully saturated rings. The van der Waals surface area contributed by atoms with Crippen LogP contribution in [0.4, 0.5) is 14.5 Å². The maximum Gasteiger partial charge on any atom is 0.341 e. The Hall–Kier alpha value is -1.74. The van der Waals surface area contributed by atoms with Crippen LogP contribution in [0, 0.1) is 0 Å². The smallest absolute Gasteiger partial charge is 0.341 e. The minimum atomic E-state index is -4.65. The summed E-state index contributed by atoms with van der Waals surface area (Å²) in [5.74, 6) is -3.51. The van der Waals surface area contributed by atoms with E-state index in [1.54, 1.807) is 11.0 Å². The molecule has 24 heavy (non-hydrogen) atoms. The molecule has 0 bridgehead atoms. The van der Waals surface area contributed by atoms with Crippen molar-refractivity contribution in [3.8, 4) is 0 Å². The van der Waals surface area contributed by atoms with E-state index in [1.165, 1.54) is 18.2 Å². The highest BCUT2D eigenvalue weighted by Crippen LogP contribution is 2.29. The topological polar surface area (TPSA) is 69.7 Å². The van der Waals surface area contributed by atoms with Gasteiger partial charge in [0.15, 0.2) is 0 Å². The highest BCUT2D eigenvalue weighted by molar-refractivity contribution is 7.91. The van der Waals surface area contributed by atoms with Gasteiger partial charge in [-0.25, -0.2) is 8.42 Å². The van der Waals surface area contributed by atoms with Gasteiger partial charge in [0.25, 0.3) is 0 Å². The summed E-state index contributed by atoms with van der Waals surface area (Å²) in [4.78, 5) is 15.0. The number of halogens is 2. The first-order chi connectivity index (χ1) is 11.4. The first-order valence-electron chi connectivity index (χ1n) is 7.71. The maximum atomic E-state index is 12.9. The average Bonchev–Trinajstić information content (AvgIpc) is 2.55. The number of anilines is 1. The number of nitrogens with zero attached hydrogens (tertiary/aromatic N) is 2. The van der Waals surface area contributed by atoms with Gasteiger partial charge in [0, 0.05) is 32.7 Å². The molecule has 0 saturated carbocycles. The fourth-order valence-electron chi connectivity index (χ4n) is 2.66. The number of benzene rings is 1. The third kappa shape index (κ3) is 4.21. The number of carbonyl (C=O) groups excluding carboxylic acids is 1. The third-order valence-corrected chi connectivity index (χ3v) is 5.29. The van der Waals surface area contributed by atoms with E-state index in [4.69, 9.17) is 0 Å². The molecule has 0 atom stereocenters. The Labute approximate surface area is 140 Å².